The molecule has 2 aromatic rings. The van der Waals surface area contributed by atoms with Crippen molar-refractivity contribution in [3.05, 3.63) is 35.0 Å². The second-order valence-electron chi connectivity index (χ2n) is 2.83. The largest absolute Gasteiger partial charge is 0.494 e. The normalized spacial score (nSPS) is 10.3. The van der Waals surface area contributed by atoms with Crippen molar-refractivity contribution in [3.63, 3.8) is 0 Å². The zero-order valence-electron chi connectivity index (χ0n) is 7.83. The minimum absolute atomic E-state index is 0.206. The van der Waals surface area contributed by atoms with E-state index in [4.69, 9.17) is 9.15 Å². The molecule has 1 aromatic heterocycles. The van der Waals surface area contributed by atoms with Gasteiger partial charge in [0.25, 0.3) is 4.80 Å². The number of benzene rings is 1. The van der Waals surface area contributed by atoms with Gasteiger partial charge in [0.1, 0.15) is 0 Å². The topological polar surface area (TPSA) is 35.3 Å². The van der Waals surface area contributed by atoms with Crippen LogP contribution in [0.2, 0.25) is 0 Å². The molecule has 0 aliphatic rings. The molecule has 0 aliphatic carbocycles. The Morgan fingerprint density at radius 3 is 2.80 bits per heavy atom. The maximum atomic E-state index is 13.3. The second kappa shape index (κ2) is 4.02. The van der Waals surface area contributed by atoms with Crippen LogP contribution in [0.15, 0.2) is 33.6 Å². The number of halogens is 2. The first-order chi connectivity index (χ1) is 7.20. The highest BCUT2D eigenvalue weighted by molar-refractivity contribution is 9.10. The maximum Gasteiger partial charge on any atom is 0.264 e. The predicted molar refractivity (Wildman–Crippen MR) is 56.1 cm³/mol. The van der Waals surface area contributed by atoms with Gasteiger partial charge in [-0.15, -0.1) is 0 Å². The van der Waals surface area contributed by atoms with Crippen molar-refractivity contribution in [2.75, 3.05) is 7.11 Å². The molecule has 0 bridgehead atoms. The lowest BCUT2D eigenvalue weighted by atomic mass is 10.2. The molecule has 78 valence electrons. The molecular weight excluding hydrogens is 265 g/mol. The van der Waals surface area contributed by atoms with Crippen molar-refractivity contribution in [2.45, 2.75) is 0 Å². The summed E-state index contributed by atoms with van der Waals surface area (Å²) in [6, 6.07) is 4.59. The summed E-state index contributed by atoms with van der Waals surface area (Å²) in [5.74, 6) is 0.281. The Kier molecular flexibility index (Phi) is 2.73. The van der Waals surface area contributed by atoms with Gasteiger partial charge in [-0.3, -0.25) is 0 Å². The van der Waals surface area contributed by atoms with Gasteiger partial charge in [-0.2, -0.15) is 0 Å². The average Bonchev–Trinajstić information content (AvgIpc) is 2.65. The number of methoxy groups -OCH3 is 1. The maximum absolute atomic E-state index is 13.3. The molecule has 0 spiro atoms. The van der Waals surface area contributed by atoms with Gasteiger partial charge in [0.05, 0.1) is 13.3 Å². The van der Waals surface area contributed by atoms with Gasteiger partial charge in [0.15, 0.2) is 17.3 Å². The standard InChI is InChI=1S/C10H7BrFNO2/c1-14-8-3-2-6(4-7(8)12)9-5-13-10(11)15-9/h2-5H,1H3. The van der Waals surface area contributed by atoms with E-state index in [9.17, 15) is 4.39 Å². The molecule has 0 aliphatic heterocycles. The van der Waals surface area contributed by atoms with Gasteiger partial charge in [0.2, 0.25) is 0 Å². The van der Waals surface area contributed by atoms with E-state index in [2.05, 4.69) is 20.9 Å². The summed E-state index contributed by atoms with van der Waals surface area (Å²) >= 11 is 3.08. The molecule has 2 rings (SSSR count). The second-order valence-corrected chi connectivity index (χ2v) is 3.51. The van der Waals surface area contributed by atoms with Crippen LogP contribution in [0.3, 0.4) is 0 Å². The summed E-state index contributed by atoms with van der Waals surface area (Å²) in [5.41, 5.74) is 0.617. The van der Waals surface area contributed by atoms with Crippen molar-refractivity contribution in [2.24, 2.45) is 0 Å². The lowest BCUT2D eigenvalue weighted by Crippen LogP contribution is -1.87. The Bertz CT molecular complexity index is 484. The van der Waals surface area contributed by atoms with Gasteiger partial charge >= 0.3 is 0 Å². The molecule has 0 saturated heterocycles. The highest BCUT2D eigenvalue weighted by Crippen LogP contribution is 2.26. The third-order valence-electron chi connectivity index (χ3n) is 1.91. The van der Waals surface area contributed by atoms with Crippen LogP contribution in [0.4, 0.5) is 4.39 Å². The number of oxazole rings is 1. The predicted octanol–water partition coefficient (Wildman–Crippen LogP) is 3.25. The van der Waals surface area contributed by atoms with Crippen molar-refractivity contribution >= 4 is 15.9 Å². The lowest BCUT2D eigenvalue weighted by molar-refractivity contribution is 0.386. The van der Waals surface area contributed by atoms with Crippen molar-refractivity contribution in [3.8, 4) is 17.1 Å². The third kappa shape index (κ3) is 2.02. The molecule has 1 aromatic carbocycles. The number of rotatable bonds is 2. The quantitative estimate of drug-likeness (QED) is 0.841. The van der Waals surface area contributed by atoms with E-state index in [0.717, 1.165) is 0 Å². The number of hydrogen-bond donors (Lipinski definition) is 0. The molecular formula is C10H7BrFNO2. The lowest BCUT2D eigenvalue weighted by Gasteiger charge is -2.02. The van der Waals surface area contributed by atoms with E-state index in [0.29, 0.717) is 16.1 Å². The van der Waals surface area contributed by atoms with Crippen LogP contribution in [0.25, 0.3) is 11.3 Å². The fourth-order valence-corrected chi connectivity index (χ4v) is 1.48. The van der Waals surface area contributed by atoms with Gasteiger partial charge in [-0.1, -0.05) is 0 Å². The SMILES string of the molecule is COc1ccc(-c2cnc(Br)o2)cc1F. The Hall–Kier alpha value is -1.36. The molecule has 0 N–H and O–H groups in total. The highest BCUT2D eigenvalue weighted by Gasteiger charge is 2.08. The fourth-order valence-electron chi connectivity index (χ4n) is 1.21. The van der Waals surface area contributed by atoms with E-state index in [1.807, 2.05) is 0 Å². The molecule has 3 nitrogen and oxygen atoms in total. The summed E-state index contributed by atoms with van der Waals surface area (Å²) in [6.07, 6.45) is 1.52. The molecule has 0 atom stereocenters. The van der Waals surface area contributed by atoms with E-state index in [1.54, 1.807) is 12.1 Å². The Morgan fingerprint density at radius 2 is 2.27 bits per heavy atom. The summed E-state index contributed by atoms with van der Waals surface area (Å²) in [5, 5.41) is 0. The summed E-state index contributed by atoms with van der Waals surface area (Å²) in [7, 11) is 1.42. The van der Waals surface area contributed by atoms with E-state index in [-0.39, 0.29) is 5.75 Å². The summed E-state index contributed by atoms with van der Waals surface area (Å²) < 4.78 is 23.4. The summed E-state index contributed by atoms with van der Waals surface area (Å²) in [4.78, 5) is 4.23. The molecule has 15 heavy (non-hydrogen) atoms. The molecule has 0 amide bonds. The zero-order valence-corrected chi connectivity index (χ0v) is 9.42. The molecule has 0 radical (unpaired) electrons. The molecule has 0 saturated carbocycles. The highest BCUT2D eigenvalue weighted by atomic mass is 79.9. The van der Waals surface area contributed by atoms with Crippen LogP contribution in [0, 0.1) is 5.82 Å². The van der Waals surface area contributed by atoms with Crippen LogP contribution in [-0.2, 0) is 0 Å². The number of hydrogen-bond acceptors (Lipinski definition) is 3. The van der Waals surface area contributed by atoms with Gasteiger partial charge < -0.3 is 9.15 Å². The van der Waals surface area contributed by atoms with E-state index in [1.165, 1.54) is 19.4 Å². The van der Waals surface area contributed by atoms with Crippen molar-refractivity contribution in [1.29, 1.82) is 0 Å². The molecule has 0 unspecified atom stereocenters. The van der Waals surface area contributed by atoms with Crippen LogP contribution < -0.4 is 4.74 Å². The fraction of sp³-hybridized carbons (Fsp3) is 0.100. The molecule has 1 heterocycles. The minimum atomic E-state index is -0.428. The van der Waals surface area contributed by atoms with Crippen LogP contribution in [-0.4, -0.2) is 12.1 Å². The average molecular weight is 272 g/mol. The Morgan fingerprint density at radius 1 is 1.47 bits per heavy atom. The Balaban J connectivity index is 2.42. The zero-order chi connectivity index (χ0) is 10.8. The smallest absolute Gasteiger partial charge is 0.264 e. The van der Waals surface area contributed by atoms with Crippen LogP contribution in [0.1, 0.15) is 0 Å². The van der Waals surface area contributed by atoms with Crippen LogP contribution >= 0.6 is 15.9 Å². The summed E-state index contributed by atoms with van der Waals surface area (Å²) in [6.45, 7) is 0. The van der Waals surface area contributed by atoms with Crippen molar-refractivity contribution in [1.82, 2.24) is 4.98 Å². The van der Waals surface area contributed by atoms with E-state index >= 15 is 0 Å². The van der Waals surface area contributed by atoms with Gasteiger partial charge in [-0.25, -0.2) is 9.37 Å². The van der Waals surface area contributed by atoms with Gasteiger partial charge in [0, 0.05) is 21.5 Å². The number of nitrogens with zero attached hydrogens (tertiary/aromatic N) is 1. The first kappa shape index (κ1) is 10.2. The monoisotopic (exact) mass is 271 g/mol. The molecule has 5 heteroatoms. The first-order valence-electron chi connectivity index (χ1n) is 4.16. The Labute approximate surface area is 94.0 Å². The first-order valence-corrected chi connectivity index (χ1v) is 4.95. The number of aromatic nitrogens is 1. The van der Waals surface area contributed by atoms with Crippen LogP contribution in [0.5, 0.6) is 5.75 Å². The van der Waals surface area contributed by atoms with Gasteiger partial charge in [-0.05, 0) is 18.2 Å². The molecule has 0 fully saturated rings. The van der Waals surface area contributed by atoms with Crippen molar-refractivity contribution < 1.29 is 13.5 Å². The third-order valence-corrected chi connectivity index (χ3v) is 2.28. The minimum Gasteiger partial charge on any atom is -0.494 e. The number of ether oxygens (including phenoxy) is 1. The van der Waals surface area contributed by atoms with E-state index < -0.39 is 5.82 Å².